The molecule has 0 spiro atoms. The van der Waals surface area contributed by atoms with E-state index in [1.54, 1.807) is 6.26 Å². The molecule has 0 unspecified atom stereocenters. The van der Waals surface area contributed by atoms with Crippen LogP contribution in [0.1, 0.15) is 18.4 Å². The van der Waals surface area contributed by atoms with Crippen molar-refractivity contribution >= 4 is 15.9 Å². The highest BCUT2D eigenvalue weighted by molar-refractivity contribution is 9.09. The lowest BCUT2D eigenvalue weighted by Gasteiger charge is -2.38. The molecule has 2 heterocycles. The van der Waals surface area contributed by atoms with Gasteiger partial charge in [0, 0.05) is 37.2 Å². The van der Waals surface area contributed by atoms with Gasteiger partial charge in [-0.2, -0.15) is 0 Å². The van der Waals surface area contributed by atoms with Crippen LogP contribution < -0.4 is 0 Å². The second-order valence-electron chi connectivity index (χ2n) is 5.05. The Morgan fingerprint density at radius 2 is 2.18 bits per heavy atom. The zero-order valence-corrected chi connectivity index (χ0v) is 11.9. The third kappa shape index (κ3) is 3.57. The Bertz CT molecular complexity index is 320. The van der Waals surface area contributed by atoms with Crippen molar-refractivity contribution in [3.8, 4) is 0 Å². The van der Waals surface area contributed by atoms with Crippen LogP contribution in [0.2, 0.25) is 0 Å². The highest BCUT2D eigenvalue weighted by Gasteiger charge is 2.32. The minimum Gasteiger partial charge on any atom is -0.472 e. The van der Waals surface area contributed by atoms with Crippen LogP contribution in [-0.4, -0.2) is 37.0 Å². The molecule has 0 bridgehead atoms. The number of hydrogen-bond donors (Lipinski definition) is 0. The third-order valence-corrected chi connectivity index (χ3v) is 4.66. The summed E-state index contributed by atoms with van der Waals surface area (Å²) in [5.74, 6) is 0. The van der Waals surface area contributed by atoms with Gasteiger partial charge in [0.2, 0.25) is 0 Å². The van der Waals surface area contributed by atoms with Gasteiger partial charge in [-0.25, -0.2) is 0 Å². The molecule has 0 saturated carbocycles. The van der Waals surface area contributed by atoms with Gasteiger partial charge in [-0.15, -0.1) is 0 Å². The maximum Gasteiger partial charge on any atom is 0.0947 e. The summed E-state index contributed by atoms with van der Waals surface area (Å²) < 4.78 is 10.6. The number of alkyl halides is 1. The summed E-state index contributed by atoms with van der Waals surface area (Å²) in [6, 6.07) is 2.03. The number of ether oxygens (including phenoxy) is 1. The summed E-state index contributed by atoms with van der Waals surface area (Å²) in [6.45, 7) is 3.84. The van der Waals surface area contributed by atoms with E-state index in [4.69, 9.17) is 9.15 Å². The second kappa shape index (κ2) is 6.03. The van der Waals surface area contributed by atoms with E-state index in [1.807, 2.05) is 12.3 Å². The highest BCUT2D eigenvalue weighted by atomic mass is 79.9. The fourth-order valence-electron chi connectivity index (χ4n) is 2.46. The first-order valence-electron chi connectivity index (χ1n) is 6.07. The van der Waals surface area contributed by atoms with Gasteiger partial charge in [-0.3, -0.25) is 0 Å². The summed E-state index contributed by atoms with van der Waals surface area (Å²) in [4.78, 5) is 2.37. The van der Waals surface area contributed by atoms with Crippen LogP contribution in [0, 0.1) is 5.41 Å². The van der Waals surface area contributed by atoms with Gasteiger partial charge in [-0.1, -0.05) is 15.9 Å². The van der Waals surface area contributed by atoms with Gasteiger partial charge >= 0.3 is 0 Å². The van der Waals surface area contributed by atoms with Crippen LogP contribution in [0.5, 0.6) is 0 Å². The lowest BCUT2D eigenvalue weighted by molar-refractivity contribution is 0.0110. The number of halogens is 1. The van der Waals surface area contributed by atoms with E-state index >= 15 is 0 Å². The second-order valence-corrected chi connectivity index (χ2v) is 5.61. The summed E-state index contributed by atoms with van der Waals surface area (Å²) in [6.07, 6.45) is 5.85. The molecule has 0 atom stereocenters. The summed E-state index contributed by atoms with van der Waals surface area (Å²) in [5.41, 5.74) is 1.61. The molecule has 96 valence electrons. The van der Waals surface area contributed by atoms with Crippen molar-refractivity contribution in [3.63, 3.8) is 0 Å². The van der Waals surface area contributed by atoms with Gasteiger partial charge in [0.05, 0.1) is 12.5 Å². The van der Waals surface area contributed by atoms with Crippen molar-refractivity contribution in [2.45, 2.75) is 19.4 Å². The Morgan fingerprint density at radius 3 is 2.76 bits per heavy atom. The molecule has 17 heavy (non-hydrogen) atoms. The van der Waals surface area contributed by atoms with Gasteiger partial charge in [0.25, 0.3) is 0 Å². The Kier molecular flexibility index (Phi) is 4.65. The first-order valence-corrected chi connectivity index (χ1v) is 7.20. The smallest absolute Gasteiger partial charge is 0.0947 e. The summed E-state index contributed by atoms with van der Waals surface area (Å²) in [7, 11) is 2.17. The fraction of sp³-hybridized carbons (Fsp3) is 0.692. The fourth-order valence-corrected chi connectivity index (χ4v) is 3.20. The molecular formula is C13H20BrNO2. The standard InChI is InChI=1S/C13H20BrNO2/c1-15(8-12-2-5-17-9-12)11-13(10-14)3-6-16-7-4-13/h2,5,9H,3-4,6-8,10-11H2,1H3. The molecule has 1 aliphatic rings. The summed E-state index contributed by atoms with van der Waals surface area (Å²) >= 11 is 3.67. The van der Waals surface area contributed by atoms with Gasteiger partial charge < -0.3 is 14.1 Å². The Labute approximate surface area is 111 Å². The van der Waals surface area contributed by atoms with Crippen molar-refractivity contribution in [3.05, 3.63) is 24.2 Å². The van der Waals surface area contributed by atoms with E-state index < -0.39 is 0 Å². The molecule has 1 aliphatic heterocycles. The van der Waals surface area contributed by atoms with E-state index in [-0.39, 0.29) is 0 Å². The minimum absolute atomic E-state index is 0.372. The van der Waals surface area contributed by atoms with Crippen molar-refractivity contribution in [2.75, 3.05) is 32.1 Å². The first kappa shape index (κ1) is 13.1. The van der Waals surface area contributed by atoms with E-state index in [1.165, 1.54) is 5.56 Å². The van der Waals surface area contributed by atoms with Crippen LogP contribution in [0.3, 0.4) is 0 Å². The van der Waals surface area contributed by atoms with E-state index in [2.05, 4.69) is 27.9 Å². The summed E-state index contributed by atoms with van der Waals surface area (Å²) in [5, 5.41) is 1.05. The van der Waals surface area contributed by atoms with Crippen LogP contribution >= 0.6 is 15.9 Å². The quantitative estimate of drug-likeness (QED) is 0.782. The molecule has 3 nitrogen and oxygen atoms in total. The van der Waals surface area contributed by atoms with Crippen molar-refractivity contribution in [1.82, 2.24) is 4.90 Å². The van der Waals surface area contributed by atoms with E-state index in [0.717, 1.165) is 44.5 Å². The maximum absolute atomic E-state index is 5.46. The normalized spacial score (nSPS) is 19.7. The minimum atomic E-state index is 0.372. The molecule has 2 rings (SSSR count). The number of hydrogen-bond acceptors (Lipinski definition) is 3. The average molecular weight is 302 g/mol. The number of nitrogens with zero attached hydrogens (tertiary/aromatic N) is 1. The zero-order valence-electron chi connectivity index (χ0n) is 10.3. The Balaban J connectivity index is 1.89. The van der Waals surface area contributed by atoms with Crippen LogP contribution in [0.4, 0.5) is 0 Å². The molecule has 0 aliphatic carbocycles. The first-order chi connectivity index (χ1) is 8.24. The van der Waals surface area contributed by atoms with Crippen LogP contribution in [0.15, 0.2) is 23.0 Å². The Hall–Kier alpha value is -0.320. The maximum atomic E-state index is 5.46. The van der Waals surface area contributed by atoms with Crippen molar-refractivity contribution in [1.29, 1.82) is 0 Å². The zero-order chi connectivity index (χ0) is 12.1. The molecule has 4 heteroatoms. The SMILES string of the molecule is CN(Cc1ccoc1)CC1(CBr)CCOCC1. The molecule has 1 aromatic heterocycles. The molecule has 1 fully saturated rings. The number of furan rings is 1. The molecular weight excluding hydrogens is 282 g/mol. The molecule has 0 aromatic carbocycles. The molecule has 0 radical (unpaired) electrons. The average Bonchev–Trinajstić information content (AvgIpc) is 2.83. The molecule has 0 amide bonds. The lowest BCUT2D eigenvalue weighted by Crippen LogP contribution is -2.41. The predicted molar refractivity (Wildman–Crippen MR) is 71.3 cm³/mol. The monoisotopic (exact) mass is 301 g/mol. The van der Waals surface area contributed by atoms with Crippen molar-refractivity contribution in [2.24, 2.45) is 5.41 Å². The predicted octanol–water partition coefficient (Wildman–Crippen LogP) is 2.90. The van der Waals surface area contributed by atoms with Gasteiger partial charge in [-0.05, 0) is 31.4 Å². The molecule has 1 aromatic rings. The highest BCUT2D eigenvalue weighted by Crippen LogP contribution is 2.33. The third-order valence-electron chi connectivity index (χ3n) is 3.47. The molecule has 0 N–H and O–H groups in total. The van der Waals surface area contributed by atoms with Gasteiger partial charge in [0.15, 0.2) is 0 Å². The van der Waals surface area contributed by atoms with E-state index in [9.17, 15) is 0 Å². The topological polar surface area (TPSA) is 25.6 Å². The van der Waals surface area contributed by atoms with Gasteiger partial charge in [0.1, 0.15) is 0 Å². The van der Waals surface area contributed by atoms with E-state index in [0.29, 0.717) is 5.41 Å². The van der Waals surface area contributed by atoms with Crippen LogP contribution in [-0.2, 0) is 11.3 Å². The largest absolute Gasteiger partial charge is 0.472 e. The molecule has 1 saturated heterocycles. The Morgan fingerprint density at radius 1 is 1.41 bits per heavy atom. The van der Waals surface area contributed by atoms with Crippen molar-refractivity contribution < 1.29 is 9.15 Å². The number of rotatable bonds is 5. The lowest BCUT2D eigenvalue weighted by atomic mass is 9.82. The van der Waals surface area contributed by atoms with Crippen LogP contribution in [0.25, 0.3) is 0 Å².